The number of hydrogen-bond acceptors (Lipinski definition) is 7. The molecule has 1 N–H and O–H groups in total. The van der Waals surface area contributed by atoms with Gasteiger partial charge >= 0.3 is 0 Å². The van der Waals surface area contributed by atoms with Crippen LogP contribution in [0.1, 0.15) is 35.4 Å². The van der Waals surface area contributed by atoms with Crippen LogP contribution in [0.2, 0.25) is 0 Å². The Balaban J connectivity index is 1.68. The maximum atomic E-state index is 12.8. The number of nitrogens with one attached hydrogen (secondary N) is 1. The minimum Gasteiger partial charge on any atom is -0.480 e. The number of rotatable bonds is 6. The van der Waals surface area contributed by atoms with Crippen molar-refractivity contribution in [1.29, 1.82) is 0 Å². The third-order valence-corrected chi connectivity index (χ3v) is 4.50. The Kier molecular flexibility index (Phi) is 5.07. The van der Waals surface area contributed by atoms with Crippen molar-refractivity contribution in [2.45, 2.75) is 19.3 Å². The highest BCUT2D eigenvalue weighted by molar-refractivity contribution is 6.03. The van der Waals surface area contributed by atoms with Crippen molar-refractivity contribution in [1.82, 2.24) is 19.4 Å². The summed E-state index contributed by atoms with van der Waals surface area (Å²) in [6.45, 7) is 3.66. The van der Waals surface area contributed by atoms with Crippen molar-refractivity contribution in [3.63, 3.8) is 0 Å². The number of hydrogen-bond donors (Lipinski definition) is 1. The number of carbonyl (C=O) groups is 1. The van der Waals surface area contributed by atoms with E-state index in [1.807, 2.05) is 13.1 Å². The number of imidazole rings is 1. The molecule has 1 saturated heterocycles. The largest absolute Gasteiger partial charge is 0.480 e. The van der Waals surface area contributed by atoms with Crippen LogP contribution >= 0.6 is 0 Å². The van der Waals surface area contributed by atoms with E-state index in [-0.39, 0.29) is 11.6 Å². The van der Waals surface area contributed by atoms with E-state index in [9.17, 15) is 4.79 Å². The Labute approximate surface area is 161 Å². The van der Waals surface area contributed by atoms with Crippen molar-refractivity contribution in [2.75, 3.05) is 32.2 Å². The molecule has 9 heteroatoms. The average molecular weight is 383 g/mol. The first-order valence-electron chi connectivity index (χ1n) is 9.10. The number of fused-ring (bicyclic) bond motifs is 1. The number of nitrogens with zero attached hydrogens (tertiary/aromatic N) is 4. The van der Waals surface area contributed by atoms with Crippen molar-refractivity contribution in [3.05, 3.63) is 42.1 Å². The lowest BCUT2D eigenvalue weighted by atomic mass is 10.1. The molecule has 0 bridgehead atoms. The third-order valence-electron chi connectivity index (χ3n) is 4.50. The van der Waals surface area contributed by atoms with E-state index in [0.717, 1.165) is 18.7 Å². The number of anilines is 1. The topological polar surface area (TPSA) is 99.9 Å². The highest BCUT2D eigenvalue weighted by Crippen LogP contribution is 2.27. The fourth-order valence-electron chi connectivity index (χ4n) is 3.13. The Morgan fingerprint density at radius 2 is 2.25 bits per heavy atom. The predicted molar refractivity (Wildman–Crippen MR) is 101 cm³/mol. The number of methoxy groups -OCH3 is 1. The van der Waals surface area contributed by atoms with Gasteiger partial charge in [0.2, 0.25) is 11.5 Å². The molecule has 28 heavy (non-hydrogen) atoms. The van der Waals surface area contributed by atoms with Gasteiger partial charge in [-0.2, -0.15) is 0 Å². The molecule has 146 valence electrons. The minimum atomic E-state index is -0.395. The maximum Gasteiger partial charge on any atom is 0.276 e. The van der Waals surface area contributed by atoms with Gasteiger partial charge < -0.3 is 19.5 Å². The van der Waals surface area contributed by atoms with E-state index in [0.29, 0.717) is 36.3 Å². The molecule has 0 spiro atoms. The predicted octanol–water partition coefficient (Wildman–Crippen LogP) is 2.29. The number of carbonyl (C=O) groups excluding carboxylic acids is 1. The number of ether oxygens (including phenoxy) is 3. The second-order valence-electron chi connectivity index (χ2n) is 6.34. The van der Waals surface area contributed by atoms with Crippen LogP contribution in [0, 0.1) is 0 Å². The quantitative estimate of drug-likeness (QED) is 0.697. The van der Waals surface area contributed by atoms with Gasteiger partial charge in [-0.1, -0.05) is 0 Å². The minimum absolute atomic E-state index is 0.202. The van der Waals surface area contributed by atoms with Gasteiger partial charge in [0.25, 0.3) is 11.8 Å². The average Bonchev–Trinajstić information content (AvgIpc) is 3.38. The summed E-state index contributed by atoms with van der Waals surface area (Å²) in [6.07, 6.45) is 6.06. The molecule has 4 heterocycles. The van der Waals surface area contributed by atoms with Crippen LogP contribution in [0.4, 0.5) is 5.69 Å². The van der Waals surface area contributed by atoms with Crippen LogP contribution in [0.3, 0.4) is 0 Å². The summed E-state index contributed by atoms with van der Waals surface area (Å²) in [5.41, 5.74) is 2.16. The Bertz CT molecular complexity index is 997. The van der Waals surface area contributed by atoms with Crippen molar-refractivity contribution in [3.8, 4) is 11.8 Å². The van der Waals surface area contributed by atoms with E-state index >= 15 is 0 Å². The zero-order valence-electron chi connectivity index (χ0n) is 15.7. The zero-order valence-corrected chi connectivity index (χ0v) is 15.7. The molecule has 0 saturated carbocycles. The Morgan fingerprint density at radius 3 is 3.00 bits per heavy atom. The zero-order chi connectivity index (χ0) is 19.5. The molecule has 3 aromatic rings. The maximum absolute atomic E-state index is 12.8. The molecule has 1 atom stereocenters. The van der Waals surface area contributed by atoms with Gasteiger partial charge in [-0.15, -0.1) is 0 Å². The van der Waals surface area contributed by atoms with E-state index in [4.69, 9.17) is 14.2 Å². The number of pyridine rings is 1. The van der Waals surface area contributed by atoms with Crippen molar-refractivity contribution >= 4 is 17.2 Å². The monoisotopic (exact) mass is 383 g/mol. The summed E-state index contributed by atoms with van der Waals surface area (Å²) in [7, 11) is 1.50. The lowest BCUT2D eigenvalue weighted by Gasteiger charge is -2.10. The summed E-state index contributed by atoms with van der Waals surface area (Å²) in [5.74, 6) is 0.492. The molecule has 1 unspecified atom stereocenters. The molecular weight excluding hydrogens is 362 g/mol. The molecule has 1 fully saturated rings. The molecule has 3 aromatic heterocycles. The summed E-state index contributed by atoms with van der Waals surface area (Å²) in [4.78, 5) is 25.9. The first kappa shape index (κ1) is 18.2. The van der Waals surface area contributed by atoms with E-state index < -0.39 is 5.91 Å². The Hall–Kier alpha value is -3.20. The first-order valence-corrected chi connectivity index (χ1v) is 9.10. The van der Waals surface area contributed by atoms with Gasteiger partial charge in [-0.05, 0) is 25.5 Å². The van der Waals surface area contributed by atoms with Crippen LogP contribution in [-0.4, -0.2) is 52.2 Å². The van der Waals surface area contributed by atoms with Crippen LogP contribution in [0.15, 0.2) is 30.7 Å². The van der Waals surface area contributed by atoms with Gasteiger partial charge in [0.15, 0.2) is 0 Å². The lowest BCUT2D eigenvalue weighted by Crippen LogP contribution is -2.16. The normalized spacial score (nSPS) is 16.3. The molecule has 9 nitrogen and oxygen atoms in total. The number of amides is 1. The van der Waals surface area contributed by atoms with Gasteiger partial charge in [0.05, 0.1) is 26.0 Å². The van der Waals surface area contributed by atoms with Crippen LogP contribution < -0.4 is 14.8 Å². The smallest absolute Gasteiger partial charge is 0.276 e. The van der Waals surface area contributed by atoms with Gasteiger partial charge in [-0.3, -0.25) is 9.20 Å². The van der Waals surface area contributed by atoms with Gasteiger partial charge in [-0.25, -0.2) is 15.0 Å². The van der Waals surface area contributed by atoms with Crippen LogP contribution in [0.5, 0.6) is 11.8 Å². The molecule has 0 aliphatic carbocycles. The van der Waals surface area contributed by atoms with Gasteiger partial charge in [0.1, 0.15) is 11.4 Å². The fraction of sp³-hybridized carbons (Fsp3) is 0.368. The summed E-state index contributed by atoms with van der Waals surface area (Å²) in [5, 5.41) is 2.78. The summed E-state index contributed by atoms with van der Waals surface area (Å²) >= 11 is 0. The van der Waals surface area contributed by atoms with E-state index in [1.165, 1.54) is 7.11 Å². The van der Waals surface area contributed by atoms with Crippen molar-refractivity contribution in [2.24, 2.45) is 0 Å². The van der Waals surface area contributed by atoms with E-state index in [2.05, 4.69) is 20.3 Å². The van der Waals surface area contributed by atoms with Gasteiger partial charge in [0, 0.05) is 31.1 Å². The SMILES string of the molecule is CCOc1nc(C(=O)Nc2cccnc2OC)cn2cc(C3CCOC3)nc12. The number of aromatic nitrogens is 4. The molecule has 1 amide bonds. The molecule has 4 rings (SSSR count). The lowest BCUT2D eigenvalue weighted by molar-refractivity contribution is 0.102. The van der Waals surface area contributed by atoms with Crippen LogP contribution in [-0.2, 0) is 4.74 Å². The molecule has 1 aliphatic rings. The summed E-state index contributed by atoms with van der Waals surface area (Å²) < 4.78 is 18.1. The molecule has 0 aromatic carbocycles. The second-order valence-corrected chi connectivity index (χ2v) is 6.34. The van der Waals surface area contributed by atoms with E-state index in [1.54, 1.807) is 28.9 Å². The Morgan fingerprint density at radius 1 is 1.36 bits per heavy atom. The second kappa shape index (κ2) is 7.81. The van der Waals surface area contributed by atoms with Crippen molar-refractivity contribution < 1.29 is 19.0 Å². The highest BCUT2D eigenvalue weighted by atomic mass is 16.5. The standard InChI is InChI=1S/C19H21N5O4/c1-3-28-19-16-21-14(12-6-8-27-11-12)9-24(16)10-15(23-19)17(25)22-13-5-4-7-20-18(13)26-2/h4-5,7,9-10,12H,3,6,8,11H2,1-2H3,(H,22,25). The fourth-order valence-corrected chi connectivity index (χ4v) is 3.13. The first-order chi connectivity index (χ1) is 13.7. The molecule has 1 aliphatic heterocycles. The van der Waals surface area contributed by atoms with Crippen LogP contribution in [0.25, 0.3) is 5.65 Å². The molecular formula is C19H21N5O4. The third kappa shape index (κ3) is 3.48. The molecule has 0 radical (unpaired) electrons. The summed E-state index contributed by atoms with van der Waals surface area (Å²) in [6, 6.07) is 3.42. The highest BCUT2D eigenvalue weighted by Gasteiger charge is 2.23.